The van der Waals surface area contributed by atoms with Crippen molar-refractivity contribution in [3.8, 4) is 0 Å². The summed E-state index contributed by atoms with van der Waals surface area (Å²) in [5.74, 6) is -1.64. The van der Waals surface area contributed by atoms with Crippen molar-refractivity contribution in [2.24, 2.45) is 0 Å². The first-order chi connectivity index (χ1) is 17.3. The van der Waals surface area contributed by atoms with E-state index in [0.29, 0.717) is 41.4 Å². The van der Waals surface area contributed by atoms with Crippen LogP contribution in [-0.4, -0.2) is 47.3 Å². The SMILES string of the molecule is O=C(/C=C/c1c(C(=O)O)[nH]c2cc(Cl)cc(Cl)c12)Nc1ccc(CNC(=O)NC2CCOCC2)cc1. The molecule has 0 aliphatic carbocycles. The van der Waals surface area contributed by atoms with Gasteiger partial charge in [-0.1, -0.05) is 35.3 Å². The number of benzene rings is 2. The van der Waals surface area contributed by atoms with Crippen molar-refractivity contribution in [1.82, 2.24) is 15.6 Å². The molecule has 0 spiro atoms. The number of halogens is 2. The van der Waals surface area contributed by atoms with E-state index in [1.165, 1.54) is 18.2 Å². The van der Waals surface area contributed by atoms with Crippen LogP contribution in [0.2, 0.25) is 10.0 Å². The number of carboxylic acid groups (broad SMARTS) is 1. The summed E-state index contributed by atoms with van der Waals surface area (Å²) in [5.41, 5.74) is 2.03. The van der Waals surface area contributed by atoms with Gasteiger partial charge in [-0.25, -0.2) is 9.59 Å². The van der Waals surface area contributed by atoms with Gasteiger partial charge in [-0.3, -0.25) is 4.79 Å². The summed E-state index contributed by atoms with van der Waals surface area (Å²) in [4.78, 5) is 39.0. The van der Waals surface area contributed by atoms with Crippen molar-refractivity contribution in [1.29, 1.82) is 0 Å². The van der Waals surface area contributed by atoms with Gasteiger partial charge in [-0.15, -0.1) is 0 Å². The number of fused-ring (bicyclic) bond motifs is 1. The van der Waals surface area contributed by atoms with E-state index in [0.717, 1.165) is 18.4 Å². The Morgan fingerprint density at radius 3 is 2.53 bits per heavy atom. The maximum Gasteiger partial charge on any atom is 0.352 e. The van der Waals surface area contributed by atoms with Gasteiger partial charge in [0.05, 0.1) is 5.02 Å². The van der Waals surface area contributed by atoms with E-state index < -0.39 is 11.9 Å². The predicted molar refractivity (Wildman–Crippen MR) is 139 cm³/mol. The predicted octanol–water partition coefficient (Wildman–Crippen LogP) is 4.80. The molecular formula is C25H24Cl2N4O5. The van der Waals surface area contributed by atoms with Gasteiger partial charge in [0.15, 0.2) is 0 Å². The summed E-state index contributed by atoms with van der Waals surface area (Å²) in [6.07, 6.45) is 4.23. The van der Waals surface area contributed by atoms with Crippen LogP contribution in [0, 0.1) is 0 Å². The maximum atomic E-state index is 12.5. The molecule has 9 nitrogen and oxygen atoms in total. The standard InChI is InChI=1S/C25H24Cl2N4O5/c26-15-11-19(27)22-18(23(24(33)34)31-20(22)12-15)5-6-21(32)29-16-3-1-14(2-4-16)13-28-25(35)30-17-7-9-36-10-8-17/h1-6,11-12,17,31H,7-10,13H2,(H,29,32)(H,33,34)(H2,28,30,35)/b6-5+. The number of hydrogen-bond donors (Lipinski definition) is 5. The van der Waals surface area contributed by atoms with E-state index in [2.05, 4.69) is 20.9 Å². The Labute approximate surface area is 216 Å². The fraction of sp³-hybridized carbons (Fsp3) is 0.240. The van der Waals surface area contributed by atoms with E-state index in [-0.39, 0.29) is 28.4 Å². The van der Waals surface area contributed by atoms with E-state index in [1.807, 2.05) is 0 Å². The molecule has 0 radical (unpaired) electrons. The van der Waals surface area contributed by atoms with E-state index in [9.17, 15) is 19.5 Å². The lowest BCUT2D eigenvalue weighted by molar-refractivity contribution is -0.111. The van der Waals surface area contributed by atoms with Crippen LogP contribution in [-0.2, 0) is 16.1 Å². The number of ether oxygens (including phenoxy) is 1. The van der Waals surface area contributed by atoms with Gasteiger partial charge in [0, 0.05) is 59.1 Å². The number of anilines is 1. The second kappa shape index (κ2) is 11.5. The summed E-state index contributed by atoms with van der Waals surface area (Å²) in [6.45, 7) is 1.64. The van der Waals surface area contributed by atoms with Crippen LogP contribution in [0.3, 0.4) is 0 Å². The molecule has 3 amide bonds. The van der Waals surface area contributed by atoms with Crippen molar-refractivity contribution in [3.63, 3.8) is 0 Å². The van der Waals surface area contributed by atoms with Crippen molar-refractivity contribution < 1.29 is 24.2 Å². The highest BCUT2D eigenvalue weighted by Crippen LogP contribution is 2.33. The van der Waals surface area contributed by atoms with Crippen molar-refractivity contribution >= 4 is 63.8 Å². The molecule has 1 aromatic heterocycles. The normalized spacial score (nSPS) is 14.2. The summed E-state index contributed by atoms with van der Waals surface area (Å²) in [5, 5.41) is 19.1. The molecule has 1 fully saturated rings. The first-order valence-electron chi connectivity index (χ1n) is 11.2. The fourth-order valence-corrected chi connectivity index (χ4v) is 4.51. The minimum atomic E-state index is -1.19. The molecule has 1 aliphatic rings. The number of H-pyrrole nitrogens is 1. The molecule has 5 N–H and O–H groups in total. The number of rotatable bonds is 7. The molecule has 0 bridgehead atoms. The minimum absolute atomic E-state index is 0.101. The number of carbonyl (C=O) groups is 3. The van der Waals surface area contributed by atoms with Gasteiger partial charge in [0.2, 0.25) is 5.91 Å². The van der Waals surface area contributed by atoms with Crippen molar-refractivity contribution in [2.75, 3.05) is 18.5 Å². The van der Waals surface area contributed by atoms with Gasteiger partial charge in [0.25, 0.3) is 0 Å². The second-order valence-electron chi connectivity index (χ2n) is 8.26. The Kier molecular flexibility index (Phi) is 8.14. The number of carbonyl (C=O) groups excluding carboxylic acids is 2. The molecule has 2 aromatic carbocycles. The van der Waals surface area contributed by atoms with Gasteiger partial charge < -0.3 is 30.8 Å². The minimum Gasteiger partial charge on any atom is -0.477 e. The Balaban J connectivity index is 1.35. The number of nitrogens with one attached hydrogen (secondary N) is 4. The maximum absolute atomic E-state index is 12.5. The van der Waals surface area contributed by atoms with Crippen molar-refractivity contribution in [3.05, 3.63) is 69.3 Å². The molecule has 11 heteroatoms. The van der Waals surface area contributed by atoms with Gasteiger partial charge >= 0.3 is 12.0 Å². The first-order valence-corrected chi connectivity index (χ1v) is 12.0. The van der Waals surface area contributed by atoms with E-state index in [1.54, 1.807) is 30.3 Å². The molecule has 1 saturated heterocycles. The average molecular weight is 531 g/mol. The Hall–Kier alpha value is -3.53. The zero-order valence-electron chi connectivity index (χ0n) is 19.1. The number of aromatic amines is 1. The molecular weight excluding hydrogens is 507 g/mol. The summed E-state index contributed by atoms with van der Waals surface area (Å²) >= 11 is 12.3. The molecule has 4 rings (SSSR count). The second-order valence-corrected chi connectivity index (χ2v) is 9.11. The summed E-state index contributed by atoms with van der Waals surface area (Å²) < 4.78 is 5.28. The lowest BCUT2D eigenvalue weighted by Gasteiger charge is -2.23. The van der Waals surface area contributed by atoms with Crippen LogP contribution in [0.4, 0.5) is 10.5 Å². The number of aromatic carboxylic acids is 1. The van der Waals surface area contributed by atoms with Crippen LogP contribution in [0.1, 0.15) is 34.5 Å². The monoisotopic (exact) mass is 530 g/mol. The largest absolute Gasteiger partial charge is 0.477 e. The van der Waals surface area contributed by atoms with Crippen molar-refractivity contribution in [2.45, 2.75) is 25.4 Å². The van der Waals surface area contributed by atoms with Crippen LogP contribution in [0.15, 0.2) is 42.5 Å². The number of amides is 3. The quantitative estimate of drug-likeness (QED) is 0.280. The molecule has 0 saturated carbocycles. The highest BCUT2D eigenvalue weighted by atomic mass is 35.5. The number of hydrogen-bond acceptors (Lipinski definition) is 4. The third-order valence-corrected chi connectivity index (χ3v) is 6.22. The van der Waals surface area contributed by atoms with Gasteiger partial charge in [-0.2, -0.15) is 0 Å². The summed E-state index contributed by atoms with van der Waals surface area (Å²) in [6, 6.07) is 9.97. The molecule has 1 aliphatic heterocycles. The molecule has 2 heterocycles. The lowest BCUT2D eigenvalue weighted by Crippen LogP contribution is -2.44. The van der Waals surface area contributed by atoms with Gasteiger partial charge in [0.1, 0.15) is 5.69 Å². The Morgan fingerprint density at radius 1 is 1.11 bits per heavy atom. The van der Waals surface area contributed by atoms with Crippen LogP contribution in [0.25, 0.3) is 17.0 Å². The highest BCUT2D eigenvalue weighted by molar-refractivity contribution is 6.39. The molecule has 0 unspecified atom stereocenters. The summed E-state index contributed by atoms with van der Waals surface area (Å²) in [7, 11) is 0. The molecule has 36 heavy (non-hydrogen) atoms. The molecule has 3 aromatic rings. The highest BCUT2D eigenvalue weighted by Gasteiger charge is 2.18. The zero-order valence-corrected chi connectivity index (χ0v) is 20.6. The topological polar surface area (TPSA) is 133 Å². The lowest BCUT2D eigenvalue weighted by atomic mass is 10.1. The van der Waals surface area contributed by atoms with Crippen LogP contribution in [0.5, 0.6) is 0 Å². The first kappa shape index (κ1) is 25.6. The Bertz CT molecular complexity index is 1310. The number of aromatic nitrogens is 1. The van der Waals surface area contributed by atoms with E-state index in [4.69, 9.17) is 27.9 Å². The van der Waals surface area contributed by atoms with Crippen LogP contribution >= 0.6 is 23.2 Å². The third-order valence-electron chi connectivity index (χ3n) is 5.70. The van der Waals surface area contributed by atoms with E-state index >= 15 is 0 Å². The molecule has 188 valence electrons. The average Bonchev–Trinajstić information content (AvgIpc) is 3.22. The van der Waals surface area contributed by atoms with Crippen LogP contribution < -0.4 is 16.0 Å². The molecule has 0 atom stereocenters. The number of urea groups is 1. The fourth-order valence-electron chi connectivity index (χ4n) is 3.92. The Morgan fingerprint density at radius 2 is 1.83 bits per heavy atom. The third kappa shape index (κ3) is 6.37. The number of carboxylic acids is 1. The smallest absolute Gasteiger partial charge is 0.352 e. The zero-order chi connectivity index (χ0) is 25.7. The van der Waals surface area contributed by atoms with Gasteiger partial charge in [-0.05, 0) is 48.7 Å².